The van der Waals surface area contributed by atoms with Crippen LogP contribution in [0.1, 0.15) is 102 Å². The molecule has 0 bridgehead atoms. The Balaban J connectivity index is 1.55. The van der Waals surface area contributed by atoms with Gasteiger partial charge in [-0.05, 0) is 86.2 Å². The first kappa shape index (κ1) is 21.5. The van der Waals surface area contributed by atoms with E-state index in [0.29, 0.717) is 17.5 Å². The van der Waals surface area contributed by atoms with Crippen LogP contribution < -0.4 is 0 Å². The molecule has 1 aromatic carbocycles. The number of hydrogen-bond donors (Lipinski definition) is 0. The molecule has 0 atom stereocenters. The third kappa shape index (κ3) is 5.24. The zero-order chi connectivity index (χ0) is 19.9. The van der Waals surface area contributed by atoms with Crippen LogP contribution in [-0.4, -0.2) is 0 Å². The first-order valence-corrected chi connectivity index (χ1v) is 11.8. The summed E-state index contributed by atoms with van der Waals surface area (Å²) in [6.45, 7) is 4.34. The molecule has 2 aliphatic rings. The second kappa shape index (κ2) is 10.6. The summed E-state index contributed by atoms with van der Waals surface area (Å²) in [5.41, 5.74) is 1.09. The first-order valence-electron chi connectivity index (χ1n) is 11.8. The molecule has 2 saturated carbocycles. The largest absolute Gasteiger partial charge is 0.203 e. The molecule has 2 aliphatic carbocycles. The highest BCUT2D eigenvalue weighted by molar-refractivity contribution is 5.30. The minimum absolute atomic E-state index is 0.197. The van der Waals surface area contributed by atoms with E-state index >= 15 is 0 Å². The van der Waals surface area contributed by atoms with Gasteiger partial charge in [0.15, 0.2) is 11.6 Å². The van der Waals surface area contributed by atoms with Crippen molar-refractivity contribution < 1.29 is 8.78 Å². The van der Waals surface area contributed by atoms with Crippen molar-refractivity contribution in [3.05, 3.63) is 47.0 Å². The highest BCUT2D eigenvalue weighted by Crippen LogP contribution is 2.45. The number of benzene rings is 1. The summed E-state index contributed by atoms with van der Waals surface area (Å²) in [6, 6.07) is 3.66. The van der Waals surface area contributed by atoms with E-state index in [-0.39, 0.29) is 5.92 Å². The van der Waals surface area contributed by atoms with Gasteiger partial charge in [0.05, 0.1) is 0 Å². The SMILES string of the molecule is CC/C=C\Cc1ccc(C2CCC(C3CCC(CCC)CC3)CC2)c(F)c1F. The topological polar surface area (TPSA) is 0 Å². The summed E-state index contributed by atoms with van der Waals surface area (Å²) >= 11 is 0. The van der Waals surface area contributed by atoms with E-state index in [9.17, 15) is 8.78 Å². The van der Waals surface area contributed by atoms with Crippen molar-refractivity contribution in [2.75, 3.05) is 0 Å². The van der Waals surface area contributed by atoms with Crippen molar-refractivity contribution in [3.8, 4) is 0 Å². The average Bonchev–Trinajstić information content (AvgIpc) is 2.72. The smallest absolute Gasteiger partial charge is 0.162 e. The lowest BCUT2D eigenvalue weighted by atomic mass is 9.68. The molecular formula is C26H38F2. The van der Waals surface area contributed by atoms with E-state index in [1.807, 2.05) is 25.1 Å². The maximum Gasteiger partial charge on any atom is 0.162 e. The molecule has 2 fully saturated rings. The van der Waals surface area contributed by atoms with Gasteiger partial charge in [-0.3, -0.25) is 0 Å². The molecule has 3 rings (SSSR count). The number of allylic oxidation sites excluding steroid dienone is 2. The van der Waals surface area contributed by atoms with Crippen molar-refractivity contribution in [1.82, 2.24) is 0 Å². The third-order valence-corrected chi connectivity index (χ3v) is 7.40. The van der Waals surface area contributed by atoms with Gasteiger partial charge >= 0.3 is 0 Å². The molecule has 0 heterocycles. The Labute approximate surface area is 170 Å². The molecule has 0 spiro atoms. The fraction of sp³-hybridized carbons (Fsp3) is 0.692. The summed E-state index contributed by atoms with van der Waals surface area (Å²) in [6.07, 6.45) is 18.1. The summed E-state index contributed by atoms with van der Waals surface area (Å²) in [5, 5.41) is 0. The van der Waals surface area contributed by atoms with Crippen LogP contribution in [0.3, 0.4) is 0 Å². The molecule has 0 nitrogen and oxygen atoms in total. The number of hydrogen-bond acceptors (Lipinski definition) is 0. The molecule has 0 aliphatic heterocycles. The van der Waals surface area contributed by atoms with E-state index < -0.39 is 11.6 Å². The molecule has 28 heavy (non-hydrogen) atoms. The van der Waals surface area contributed by atoms with Crippen molar-refractivity contribution in [2.24, 2.45) is 17.8 Å². The summed E-state index contributed by atoms with van der Waals surface area (Å²) in [4.78, 5) is 0. The third-order valence-electron chi connectivity index (χ3n) is 7.40. The molecule has 0 radical (unpaired) electrons. The Bertz CT molecular complexity index is 632. The van der Waals surface area contributed by atoms with Crippen LogP contribution in [0.5, 0.6) is 0 Å². The normalized spacial score (nSPS) is 28.7. The van der Waals surface area contributed by atoms with E-state index in [1.165, 1.54) is 51.4 Å². The molecule has 0 aromatic heterocycles. The van der Waals surface area contributed by atoms with Crippen LogP contribution in [0.2, 0.25) is 0 Å². The Kier molecular flexibility index (Phi) is 8.11. The lowest BCUT2D eigenvalue weighted by Crippen LogP contribution is -2.25. The summed E-state index contributed by atoms with van der Waals surface area (Å²) in [5.74, 6) is 1.62. The first-order chi connectivity index (χ1) is 13.6. The van der Waals surface area contributed by atoms with Crippen molar-refractivity contribution >= 4 is 0 Å². The van der Waals surface area contributed by atoms with Crippen LogP contribution in [-0.2, 0) is 6.42 Å². The lowest BCUT2D eigenvalue weighted by molar-refractivity contribution is 0.156. The number of halogens is 2. The standard InChI is InChI=1S/C26H38F2/c1-3-5-6-8-23-17-18-24(26(28)25(23)27)22-15-13-21(14-16-22)20-11-9-19(7-4-2)10-12-20/h5-6,17-22H,3-4,7-16H2,1-2H3/b6-5-. The number of rotatable bonds is 7. The fourth-order valence-corrected chi connectivity index (χ4v) is 5.71. The van der Waals surface area contributed by atoms with Gasteiger partial charge in [0.2, 0.25) is 0 Å². The zero-order valence-electron chi connectivity index (χ0n) is 17.9. The van der Waals surface area contributed by atoms with Crippen molar-refractivity contribution in [3.63, 3.8) is 0 Å². The molecule has 0 N–H and O–H groups in total. The predicted octanol–water partition coefficient (Wildman–Crippen LogP) is 8.35. The molecule has 0 unspecified atom stereocenters. The van der Waals surface area contributed by atoms with E-state index in [2.05, 4.69) is 6.92 Å². The minimum Gasteiger partial charge on any atom is -0.203 e. The van der Waals surface area contributed by atoms with Crippen LogP contribution in [0.15, 0.2) is 24.3 Å². The van der Waals surface area contributed by atoms with Crippen molar-refractivity contribution in [2.45, 2.75) is 96.8 Å². The zero-order valence-corrected chi connectivity index (χ0v) is 17.9. The van der Waals surface area contributed by atoms with Gasteiger partial charge in [-0.1, -0.05) is 63.8 Å². The van der Waals surface area contributed by atoms with Gasteiger partial charge in [-0.25, -0.2) is 8.78 Å². The maximum atomic E-state index is 14.7. The van der Waals surface area contributed by atoms with Crippen LogP contribution in [0.4, 0.5) is 8.78 Å². The highest BCUT2D eigenvalue weighted by Gasteiger charge is 2.32. The maximum absolute atomic E-state index is 14.7. The minimum atomic E-state index is -0.630. The highest BCUT2D eigenvalue weighted by atomic mass is 19.2. The molecule has 0 saturated heterocycles. The Morgan fingerprint density at radius 1 is 0.821 bits per heavy atom. The average molecular weight is 389 g/mol. The van der Waals surface area contributed by atoms with Gasteiger partial charge in [-0.2, -0.15) is 0 Å². The quantitative estimate of drug-likeness (QED) is 0.412. The Hall–Kier alpha value is -1.18. The lowest BCUT2D eigenvalue weighted by Gasteiger charge is -2.38. The second-order valence-corrected chi connectivity index (χ2v) is 9.21. The Morgan fingerprint density at radius 3 is 2.07 bits per heavy atom. The Morgan fingerprint density at radius 2 is 1.46 bits per heavy atom. The van der Waals surface area contributed by atoms with Gasteiger partial charge in [0.25, 0.3) is 0 Å². The monoisotopic (exact) mass is 388 g/mol. The molecular weight excluding hydrogens is 350 g/mol. The van der Waals surface area contributed by atoms with Gasteiger partial charge in [0.1, 0.15) is 0 Å². The molecule has 1 aromatic rings. The van der Waals surface area contributed by atoms with Gasteiger partial charge in [0, 0.05) is 0 Å². The summed E-state index contributed by atoms with van der Waals surface area (Å²) in [7, 11) is 0. The van der Waals surface area contributed by atoms with E-state index in [4.69, 9.17) is 0 Å². The van der Waals surface area contributed by atoms with Crippen LogP contribution >= 0.6 is 0 Å². The summed E-state index contributed by atoms with van der Waals surface area (Å²) < 4.78 is 29.2. The molecule has 156 valence electrons. The van der Waals surface area contributed by atoms with Gasteiger partial charge in [-0.15, -0.1) is 0 Å². The van der Waals surface area contributed by atoms with Crippen LogP contribution in [0, 0.1) is 29.4 Å². The fourth-order valence-electron chi connectivity index (χ4n) is 5.71. The van der Waals surface area contributed by atoms with E-state index in [0.717, 1.165) is 37.0 Å². The van der Waals surface area contributed by atoms with E-state index in [1.54, 1.807) is 6.07 Å². The second-order valence-electron chi connectivity index (χ2n) is 9.21. The molecule has 0 amide bonds. The molecule has 2 heteroatoms. The van der Waals surface area contributed by atoms with Crippen molar-refractivity contribution in [1.29, 1.82) is 0 Å². The van der Waals surface area contributed by atoms with Gasteiger partial charge < -0.3 is 0 Å². The predicted molar refractivity (Wildman–Crippen MR) is 115 cm³/mol. The van der Waals surface area contributed by atoms with Crippen LogP contribution in [0.25, 0.3) is 0 Å².